The summed E-state index contributed by atoms with van der Waals surface area (Å²) < 4.78 is 32.5. The van der Waals surface area contributed by atoms with Gasteiger partial charge in [-0.3, -0.25) is 0 Å². The van der Waals surface area contributed by atoms with Crippen LogP contribution in [-0.2, 0) is 4.74 Å². The number of rotatable bonds is 7. The summed E-state index contributed by atoms with van der Waals surface area (Å²) in [6, 6.07) is 3.57. The minimum absolute atomic E-state index is 0.103. The summed E-state index contributed by atoms with van der Waals surface area (Å²) in [5.41, 5.74) is -0.281. The predicted molar refractivity (Wildman–Crippen MR) is 72.4 cm³/mol. The molecule has 3 nitrogen and oxygen atoms in total. The largest absolute Gasteiger partial charge is 0.387 e. The second-order valence-corrected chi connectivity index (χ2v) is 5.13. The van der Waals surface area contributed by atoms with Crippen LogP contribution in [0.1, 0.15) is 37.4 Å². The Morgan fingerprint density at radius 2 is 1.90 bits per heavy atom. The third-order valence-corrected chi connectivity index (χ3v) is 3.61. The molecule has 0 saturated heterocycles. The van der Waals surface area contributed by atoms with Crippen molar-refractivity contribution in [3.63, 3.8) is 0 Å². The van der Waals surface area contributed by atoms with Gasteiger partial charge < -0.3 is 15.2 Å². The first-order valence-corrected chi connectivity index (χ1v) is 7.13. The molecule has 20 heavy (non-hydrogen) atoms. The number of aliphatic hydroxyl groups is 1. The van der Waals surface area contributed by atoms with Crippen LogP contribution in [0.4, 0.5) is 8.78 Å². The van der Waals surface area contributed by atoms with E-state index in [4.69, 9.17) is 4.74 Å². The van der Waals surface area contributed by atoms with Crippen molar-refractivity contribution in [2.45, 2.75) is 37.9 Å². The van der Waals surface area contributed by atoms with E-state index in [1.165, 1.54) is 18.9 Å². The molecule has 0 bridgehead atoms. The van der Waals surface area contributed by atoms with Gasteiger partial charge in [0.05, 0.1) is 24.4 Å². The molecular weight excluding hydrogens is 264 g/mol. The van der Waals surface area contributed by atoms with Crippen molar-refractivity contribution in [3.05, 3.63) is 35.4 Å². The van der Waals surface area contributed by atoms with E-state index in [2.05, 4.69) is 5.32 Å². The van der Waals surface area contributed by atoms with Crippen molar-refractivity contribution in [2.75, 3.05) is 19.7 Å². The van der Waals surface area contributed by atoms with Gasteiger partial charge in [-0.05, 0) is 25.0 Å². The zero-order chi connectivity index (χ0) is 14.4. The van der Waals surface area contributed by atoms with Gasteiger partial charge in [0.25, 0.3) is 0 Å². The predicted octanol–water partition coefficient (Wildman–Crippen LogP) is 2.55. The molecule has 0 aromatic heterocycles. The minimum Gasteiger partial charge on any atom is -0.387 e. The fourth-order valence-electron chi connectivity index (χ4n) is 2.52. The highest BCUT2D eigenvalue weighted by Gasteiger charge is 2.17. The SMILES string of the molecule is OC(CNCCOC1CCCC1)c1c(F)cccc1F. The normalized spacial score (nSPS) is 17.6. The monoisotopic (exact) mass is 285 g/mol. The van der Waals surface area contributed by atoms with Crippen molar-refractivity contribution < 1.29 is 18.6 Å². The Hall–Kier alpha value is -1.04. The fraction of sp³-hybridized carbons (Fsp3) is 0.600. The average molecular weight is 285 g/mol. The van der Waals surface area contributed by atoms with E-state index in [0.717, 1.165) is 25.0 Å². The van der Waals surface area contributed by atoms with Crippen LogP contribution in [-0.4, -0.2) is 30.9 Å². The lowest BCUT2D eigenvalue weighted by Crippen LogP contribution is -2.27. The number of halogens is 2. The van der Waals surface area contributed by atoms with Gasteiger partial charge in [-0.15, -0.1) is 0 Å². The zero-order valence-corrected chi connectivity index (χ0v) is 11.4. The Labute approximate surface area is 117 Å². The van der Waals surface area contributed by atoms with Crippen LogP contribution in [0.3, 0.4) is 0 Å². The summed E-state index contributed by atoms with van der Waals surface area (Å²) in [6.07, 6.45) is 3.84. The van der Waals surface area contributed by atoms with Crippen LogP contribution in [0.5, 0.6) is 0 Å². The summed E-state index contributed by atoms with van der Waals surface area (Å²) in [5.74, 6) is -1.44. The van der Waals surface area contributed by atoms with Crippen LogP contribution >= 0.6 is 0 Å². The Morgan fingerprint density at radius 1 is 1.25 bits per heavy atom. The molecule has 1 unspecified atom stereocenters. The Morgan fingerprint density at radius 3 is 2.55 bits per heavy atom. The number of hydrogen-bond acceptors (Lipinski definition) is 3. The molecule has 112 valence electrons. The average Bonchev–Trinajstić information content (AvgIpc) is 2.91. The smallest absolute Gasteiger partial charge is 0.131 e. The maximum absolute atomic E-state index is 13.4. The lowest BCUT2D eigenvalue weighted by atomic mass is 10.1. The number of ether oxygens (including phenoxy) is 1. The summed E-state index contributed by atoms with van der Waals surface area (Å²) in [4.78, 5) is 0. The van der Waals surface area contributed by atoms with Crippen molar-refractivity contribution in [1.82, 2.24) is 5.32 Å². The molecule has 0 radical (unpaired) electrons. The van der Waals surface area contributed by atoms with Gasteiger partial charge in [-0.25, -0.2) is 8.78 Å². The highest BCUT2D eigenvalue weighted by molar-refractivity contribution is 5.22. The van der Waals surface area contributed by atoms with Gasteiger partial charge in [-0.2, -0.15) is 0 Å². The van der Waals surface area contributed by atoms with Crippen LogP contribution < -0.4 is 5.32 Å². The van der Waals surface area contributed by atoms with Gasteiger partial charge in [0.1, 0.15) is 11.6 Å². The van der Waals surface area contributed by atoms with Gasteiger partial charge in [0, 0.05) is 13.1 Å². The number of hydrogen-bond donors (Lipinski definition) is 2. The van der Waals surface area contributed by atoms with Crippen LogP contribution in [0.25, 0.3) is 0 Å². The highest BCUT2D eigenvalue weighted by atomic mass is 19.1. The van der Waals surface area contributed by atoms with E-state index in [0.29, 0.717) is 19.3 Å². The van der Waals surface area contributed by atoms with Crippen LogP contribution in [0.2, 0.25) is 0 Å². The summed E-state index contributed by atoms with van der Waals surface area (Å²) >= 11 is 0. The number of aliphatic hydroxyl groups excluding tert-OH is 1. The first-order chi connectivity index (χ1) is 9.68. The molecule has 0 spiro atoms. The molecular formula is C15H21F2NO2. The quantitative estimate of drug-likeness (QED) is 0.757. The topological polar surface area (TPSA) is 41.5 Å². The minimum atomic E-state index is -1.19. The Kier molecular flexibility index (Phi) is 5.88. The molecule has 5 heteroatoms. The maximum Gasteiger partial charge on any atom is 0.131 e. The molecule has 2 rings (SSSR count). The molecule has 1 aliphatic carbocycles. The van der Waals surface area contributed by atoms with Crippen molar-refractivity contribution >= 4 is 0 Å². The summed E-state index contributed by atoms with van der Waals surface area (Å²) in [5, 5.41) is 12.8. The first-order valence-electron chi connectivity index (χ1n) is 7.13. The van der Waals surface area contributed by atoms with Crippen LogP contribution in [0.15, 0.2) is 18.2 Å². The third-order valence-electron chi connectivity index (χ3n) is 3.61. The molecule has 1 aromatic rings. The van der Waals surface area contributed by atoms with E-state index >= 15 is 0 Å². The molecule has 0 heterocycles. The first kappa shape index (κ1) is 15.4. The maximum atomic E-state index is 13.4. The lowest BCUT2D eigenvalue weighted by molar-refractivity contribution is 0.0583. The molecule has 0 amide bonds. The van der Waals surface area contributed by atoms with Gasteiger partial charge in [0.15, 0.2) is 0 Å². The van der Waals surface area contributed by atoms with Crippen molar-refractivity contribution in [1.29, 1.82) is 0 Å². The second-order valence-electron chi connectivity index (χ2n) is 5.13. The van der Waals surface area contributed by atoms with E-state index in [1.54, 1.807) is 0 Å². The van der Waals surface area contributed by atoms with E-state index < -0.39 is 17.7 Å². The molecule has 2 N–H and O–H groups in total. The van der Waals surface area contributed by atoms with Gasteiger partial charge in [-0.1, -0.05) is 18.9 Å². The van der Waals surface area contributed by atoms with E-state index in [-0.39, 0.29) is 12.1 Å². The molecule has 1 aliphatic rings. The third kappa shape index (κ3) is 4.23. The number of nitrogens with one attached hydrogen (secondary N) is 1. The van der Waals surface area contributed by atoms with Crippen LogP contribution in [0, 0.1) is 11.6 Å². The van der Waals surface area contributed by atoms with Crippen molar-refractivity contribution in [2.24, 2.45) is 0 Å². The standard InChI is InChI=1S/C15H21F2NO2/c16-12-6-3-7-13(17)15(12)14(19)10-18-8-9-20-11-4-1-2-5-11/h3,6-7,11,14,18-19H,1-2,4-5,8-10H2. The van der Waals surface area contributed by atoms with Gasteiger partial charge >= 0.3 is 0 Å². The van der Waals surface area contributed by atoms with Crippen molar-refractivity contribution in [3.8, 4) is 0 Å². The number of benzene rings is 1. The molecule has 1 saturated carbocycles. The highest BCUT2D eigenvalue weighted by Crippen LogP contribution is 2.21. The molecule has 0 aliphatic heterocycles. The Bertz CT molecular complexity index is 402. The van der Waals surface area contributed by atoms with E-state index in [1.807, 2.05) is 0 Å². The summed E-state index contributed by atoms with van der Waals surface area (Å²) in [6.45, 7) is 1.21. The molecule has 1 fully saturated rings. The fourth-order valence-corrected chi connectivity index (χ4v) is 2.52. The molecule has 1 atom stereocenters. The zero-order valence-electron chi connectivity index (χ0n) is 11.4. The lowest BCUT2D eigenvalue weighted by Gasteiger charge is -2.15. The molecule has 1 aromatic carbocycles. The summed E-state index contributed by atoms with van der Waals surface area (Å²) in [7, 11) is 0. The van der Waals surface area contributed by atoms with Gasteiger partial charge in [0.2, 0.25) is 0 Å². The Balaban J connectivity index is 1.68. The van der Waals surface area contributed by atoms with E-state index in [9.17, 15) is 13.9 Å². The second kappa shape index (κ2) is 7.67.